The lowest BCUT2D eigenvalue weighted by molar-refractivity contribution is -0.132. The molecule has 0 radical (unpaired) electrons. The van der Waals surface area contributed by atoms with E-state index in [4.69, 9.17) is 4.74 Å². The van der Waals surface area contributed by atoms with Gasteiger partial charge in [0.1, 0.15) is 11.3 Å². The Bertz CT molecular complexity index is 1130. The Morgan fingerprint density at radius 1 is 0.971 bits per heavy atom. The Kier molecular flexibility index (Phi) is 7.31. The second-order valence-electron chi connectivity index (χ2n) is 9.01. The molecule has 1 aliphatic rings. The molecular formula is C29H32N2O3. The quantitative estimate of drug-likeness (QED) is 0.454. The molecule has 1 N–H and O–H groups in total. The van der Waals surface area contributed by atoms with Crippen LogP contribution in [0, 0.1) is 0 Å². The van der Waals surface area contributed by atoms with Crippen LogP contribution in [0.1, 0.15) is 53.7 Å². The number of unbranched alkanes of at least 4 members (excludes halogenated alkanes) is 1. The fraction of sp³-hybridized carbons (Fsp3) is 0.310. The lowest BCUT2D eigenvalue weighted by atomic mass is 9.82. The number of rotatable bonds is 9. The van der Waals surface area contributed by atoms with Gasteiger partial charge in [-0.2, -0.15) is 0 Å². The van der Waals surface area contributed by atoms with E-state index in [0.717, 1.165) is 35.3 Å². The van der Waals surface area contributed by atoms with Crippen molar-refractivity contribution in [3.8, 4) is 5.75 Å². The van der Waals surface area contributed by atoms with Crippen molar-refractivity contribution in [1.82, 2.24) is 10.2 Å². The third-order valence-electron chi connectivity index (χ3n) is 6.44. The Hall–Kier alpha value is -3.60. The molecule has 1 heterocycles. The van der Waals surface area contributed by atoms with Gasteiger partial charge in [-0.25, -0.2) is 0 Å². The van der Waals surface area contributed by atoms with Crippen LogP contribution in [0.25, 0.3) is 0 Å². The van der Waals surface area contributed by atoms with Crippen molar-refractivity contribution in [2.24, 2.45) is 0 Å². The second-order valence-corrected chi connectivity index (χ2v) is 9.01. The van der Waals surface area contributed by atoms with E-state index < -0.39 is 5.54 Å². The van der Waals surface area contributed by atoms with Crippen LogP contribution in [-0.2, 0) is 24.3 Å². The Morgan fingerprint density at radius 3 is 2.41 bits per heavy atom. The number of ether oxygens (including phenoxy) is 1. The molecule has 2 amide bonds. The summed E-state index contributed by atoms with van der Waals surface area (Å²) in [5.74, 6) is 0.539. The van der Waals surface area contributed by atoms with Crippen molar-refractivity contribution < 1.29 is 14.3 Å². The third-order valence-corrected chi connectivity index (χ3v) is 6.44. The third kappa shape index (κ3) is 5.14. The molecule has 0 aliphatic carbocycles. The summed E-state index contributed by atoms with van der Waals surface area (Å²) in [5, 5.41) is 3.06. The summed E-state index contributed by atoms with van der Waals surface area (Å²) in [5.41, 5.74) is 2.54. The largest absolute Gasteiger partial charge is 0.494 e. The van der Waals surface area contributed by atoms with E-state index in [9.17, 15) is 9.59 Å². The molecule has 4 rings (SSSR count). The number of carbonyl (C=O) groups is 2. The van der Waals surface area contributed by atoms with E-state index in [1.807, 2.05) is 85.8 Å². The summed E-state index contributed by atoms with van der Waals surface area (Å²) in [4.78, 5) is 28.8. The molecule has 5 nitrogen and oxygen atoms in total. The van der Waals surface area contributed by atoms with Crippen molar-refractivity contribution >= 4 is 11.8 Å². The van der Waals surface area contributed by atoms with Gasteiger partial charge in [0.15, 0.2) is 0 Å². The normalized spacial score (nSPS) is 17.2. The minimum atomic E-state index is -1.00. The van der Waals surface area contributed by atoms with Crippen LogP contribution in [0.5, 0.6) is 5.75 Å². The molecule has 1 unspecified atom stereocenters. The van der Waals surface area contributed by atoms with Gasteiger partial charge in [0.2, 0.25) is 5.91 Å². The predicted molar refractivity (Wildman–Crippen MR) is 134 cm³/mol. The van der Waals surface area contributed by atoms with Crippen LogP contribution >= 0.6 is 0 Å². The van der Waals surface area contributed by atoms with Crippen LogP contribution in [0.3, 0.4) is 0 Å². The van der Waals surface area contributed by atoms with Crippen LogP contribution < -0.4 is 10.1 Å². The van der Waals surface area contributed by atoms with E-state index in [-0.39, 0.29) is 11.8 Å². The summed E-state index contributed by atoms with van der Waals surface area (Å²) < 4.78 is 5.77. The average Bonchev–Trinajstić information content (AvgIpc) is 2.87. The van der Waals surface area contributed by atoms with Crippen molar-refractivity contribution in [2.45, 2.75) is 51.7 Å². The van der Waals surface area contributed by atoms with Crippen LogP contribution in [0.15, 0.2) is 78.9 Å². The predicted octanol–water partition coefficient (Wildman–Crippen LogP) is 5.14. The summed E-state index contributed by atoms with van der Waals surface area (Å²) in [6.07, 6.45) is 2.56. The number of amides is 2. The summed E-state index contributed by atoms with van der Waals surface area (Å²) in [6.45, 7) is 5.45. The molecular weight excluding hydrogens is 424 g/mol. The van der Waals surface area contributed by atoms with Crippen molar-refractivity contribution in [1.29, 1.82) is 0 Å². The highest BCUT2D eigenvalue weighted by Crippen LogP contribution is 2.33. The first kappa shape index (κ1) is 23.6. The molecule has 0 aromatic heterocycles. The highest BCUT2D eigenvalue weighted by Gasteiger charge is 2.46. The topological polar surface area (TPSA) is 58.6 Å². The smallest absolute Gasteiger partial charge is 0.255 e. The van der Waals surface area contributed by atoms with Gasteiger partial charge in [-0.05, 0) is 48.2 Å². The summed E-state index contributed by atoms with van der Waals surface area (Å²) in [7, 11) is 0. The zero-order valence-corrected chi connectivity index (χ0v) is 19.9. The Labute approximate surface area is 201 Å². The summed E-state index contributed by atoms with van der Waals surface area (Å²) >= 11 is 0. The van der Waals surface area contributed by atoms with Crippen molar-refractivity contribution in [3.63, 3.8) is 0 Å². The highest BCUT2D eigenvalue weighted by atomic mass is 16.5. The minimum Gasteiger partial charge on any atom is -0.494 e. The number of hydrogen-bond donors (Lipinski definition) is 1. The molecule has 3 aromatic rings. The fourth-order valence-electron chi connectivity index (χ4n) is 4.34. The van der Waals surface area contributed by atoms with Gasteiger partial charge in [0.05, 0.1) is 6.61 Å². The molecule has 3 aromatic carbocycles. The minimum absolute atomic E-state index is 0.123. The second kappa shape index (κ2) is 10.6. The molecule has 1 aliphatic heterocycles. The molecule has 1 atom stereocenters. The Balaban J connectivity index is 1.56. The number of carbonyl (C=O) groups excluding carboxylic acids is 2. The zero-order chi connectivity index (χ0) is 24.0. The van der Waals surface area contributed by atoms with Crippen LogP contribution in [0.2, 0.25) is 0 Å². The number of nitrogens with zero attached hydrogens (tertiary/aromatic N) is 1. The number of benzene rings is 3. The first-order valence-corrected chi connectivity index (χ1v) is 11.9. The Morgan fingerprint density at radius 2 is 1.68 bits per heavy atom. The molecule has 0 fully saturated rings. The van der Waals surface area contributed by atoms with Gasteiger partial charge in [-0.15, -0.1) is 0 Å². The van der Waals surface area contributed by atoms with E-state index in [2.05, 4.69) is 12.2 Å². The van der Waals surface area contributed by atoms with Crippen LogP contribution in [-0.4, -0.2) is 28.9 Å². The average molecular weight is 457 g/mol. The van der Waals surface area contributed by atoms with E-state index >= 15 is 0 Å². The first-order chi connectivity index (χ1) is 16.5. The molecule has 5 heteroatoms. The van der Waals surface area contributed by atoms with Gasteiger partial charge in [0.25, 0.3) is 5.91 Å². The monoisotopic (exact) mass is 456 g/mol. The van der Waals surface area contributed by atoms with E-state index in [0.29, 0.717) is 31.7 Å². The number of hydrogen-bond acceptors (Lipinski definition) is 3. The van der Waals surface area contributed by atoms with E-state index in [1.54, 1.807) is 4.90 Å². The lowest BCUT2D eigenvalue weighted by Crippen LogP contribution is -2.62. The molecule has 0 bridgehead atoms. The van der Waals surface area contributed by atoms with E-state index in [1.165, 1.54) is 0 Å². The van der Waals surface area contributed by atoms with Gasteiger partial charge in [0, 0.05) is 25.1 Å². The summed E-state index contributed by atoms with van der Waals surface area (Å²) in [6, 6.07) is 25.2. The lowest BCUT2D eigenvalue weighted by Gasteiger charge is -2.44. The zero-order valence-electron chi connectivity index (χ0n) is 19.9. The van der Waals surface area contributed by atoms with Crippen molar-refractivity contribution in [3.05, 3.63) is 101 Å². The number of nitrogens with one attached hydrogen (secondary N) is 1. The molecule has 34 heavy (non-hydrogen) atoms. The van der Waals surface area contributed by atoms with Gasteiger partial charge in [-0.1, -0.05) is 74.0 Å². The maximum atomic E-state index is 13.6. The standard InChI is InChI=1S/C29H32N2O3/c1-3-4-18-34-25-16-14-23(15-17-25)21-31-27(32)26-13-9-8-12-24(26)19-29(31,2)28(33)30-20-22-10-6-5-7-11-22/h5-17H,3-4,18-21H2,1-2H3,(H,30,33). The number of fused-ring (bicyclic) bond motifs is 1. The van der Waals surface area contributed by atoms with Crippen molar-refractivity contribution in [2.75, 3.05) is 6.61 Å². The molecule has 0 saturated heterocycles. The molecule has 176 valence electrons. The van der Waals surface area contributed by atoms with Gasteiger partial charge in [-0.3, -0.25) is 9.59 Å². The SMILES string of the molecule is CCCCOc1ccc(CN2C(=O)c3ccccc3CC2(C)C(=O)NCc2ccccc2)cc1. The maximum absolute atomic E-state index is 13.6. The molecule has 0 saturated carbocycles. The maximum Gasteiger partial charge on any atom is 0.255 e. The van der Waals surface area contributed by atoms with Crippen LogP contribution in [0.4, 0.5) is 0 Å². The van der Waals surface area contributed by atoms with Gasteiger partial charge >= 0.3 is 0 Å². The fourth-order valence-corrected chi connectivity index (χ4v) is 4.34. The first-order valence-electron chi connectivity index (χ1n) is 11.9. The molecule has 0 spiro atoms. The highest BCUT2D eigenvalue weighted by molar-refractivity contribution is 6.02. The van der Waals surface area contributed by atoms with Gasteiger partial charge < -0.3 is 15.0 Å².